The minimum Gasteiger partial charge on any atom is -0.375 e. The molecule has 0 aromatic heterocycles. The Balaban J connectivity index is 2.44. The van der Waals surface area contributed by atoms with Gasteiger partial charge in [-0.2, -0.15) is 0 Å². The second kappa shape index (κ2) is 9.67. The van der Waals surface area contributed by atoms with Crippen LogP contribution in [0.2, 0.25) is 0 Å². The molecule has 1 aromatic carbocycles. The van der Waals surface area contributed by atoms with Crippen molar-refractivity contribution in [3.8, 4) is 0 Å². The predicted molar refractivity (Wildman–Crippen MR) is 91.5 cm³/mol. The Morgan fingerprint density at radius 2 is 1.75 bits per heavy atom. The predicted octanol–water partition coefficient (Wildman–Crippen LogP) is 0.933. The molecule has 1 aromatic rings. The van der Waals surface area contributed by atoms with E-state index in [4.69, 9.17) is 4.74 Å². The van der Waals surface area contributed by atoms with E-state index in [1.807, 2.05) is 32.9 Å². The Bertz CT molecular complexity index is 570. The van der Waals surface area contributed by atoms with Crippen molar-refractivity contribution in [2.75, 3.05) is 32.1 Å². The Hall–Kier alpha value is -2.41. The first kappa shape index (κ1) is 19.6. The molecule has 0 atom stereocenters. The highest BCUT2D eigenvalue weighted by Crippen LogP contribution is 2.08. The molecule has 0 saturated heterocycles. The monoisotopic (exact) mass is 335 g/mol. The fourth-order valence-electron chi connectivity index (χ4n) is 2.00. The van der Waals surface area contributed by atoms with Crippen molar-refractivity contribution in [3.05, 3.63) is 29.8 Å². The number of hydrogen-bond donors (Lipinski definition) is 2. The van der Waals surface area contributed by atoms with Gasteiger partial charge in [0, 0.05) is 18.8 Å². The van der Waals surface area contributed by atoms with Crippen molar-refractivity contribution in [2.45, 2.75) is 26.8 Å². The molecule has 0 aliphatic rings. The summed E-state index contributed by atoms with van der Waals surface area (Å²) < 4.78 is 4.80. The number of nitrogens with zero attached hydrogens (tertiary/aromatic N) is 1. The number of methoxy groups -OCH3 is 1. The summed E-state index contributed by atoms with van der Waals surface area (Å²) in [4.78, 5) is 37.0. The minimum atomic E-state index is -0.396. The van der Waals surface area contributed by atoms with Crippen LogP contribution in [0.5, 0.6) is 0 Å². The number of ether oxygens (including phenoxy) is 1. The zero-order valence-corrected chi connectivity index (χ0v) is 14.6. The van der Waals surface area contributed by atoms with Gasteiger partial charge in [0.1, 0.15) is 6.61 Å². The molecule has 0 unspecified atom stereocenters. The number of benzene rings is 1. The summed E-state index contributed by atoms with van der Waals surface area (Å²) in [5.74, 6) is -0.995. The van der Waals surface area contributed by atoms with Crippen LogP contribution in [0.1, 0.15) is 19.4 Å². The molecular weight excluding hydrogens is 310 g/mol. The van der Waals surface area contributed by atoms with Crippen LogP contribution in [-0.4, -0.2) is 55.5 Å². The van der Waals surface area contributed by atoms with E-state index in [-0.39, 0.29) is 37.6 Å². The average Bonchev–Trinajstić information content (AvgIpc) is 2.52. The van der Waals surface area contributed by atoms with Crippen LogP contribution in [0, 0.1) is 6.92 Å². The fraction of sp³-hybridized carbons (Fsp3) is 0.471. The van der Waals surface area contributed by atoms with Gasteiger partial charge in [0.05, 0.1) is 13.1 Å². The second-order valence-electron chi connectivity index (χ2n) is 5.74. The van der Waals surface area contributed by atoms with Gasteiger partial charge in [0.15, 0.2) is 0 Å². The Morgan fingerprint density at radius 1 is 1.12 bits per heavy atom. The molecule has 7 nitrogen and oxygen atoms in total. The van der Waals surface area contributed by atoms with Crippen molar-refractivity contribution in [1.82, 2.24) is 10.2 Å². The van der Waals surface area contributed by atoms with E-state index in [9.17, 15) is 14.4 Å². The lowest BCUT2D eigenvalue weighted by Gasteiger charge is -2.25. The van der Waals surface area contributed by atoms with E-state index < -0.39 is 5.91 Å². The quantitative estimate of drug-likeness (QED) is 0.740. The molecule has 2 N–H and O–H groups in total. The molecule has 3 amide bonds. The lowest BCUT2D eigenvalue weighted by Crippen LogP contribution is -2.46. The maximum atomic E-state index is 11.9. The first-order valence-electron chi connectivity index (χ1n) is 7.75. The summed E-state index contributed by atoms with van der Waals surface area (Å²) in [6.45, 7) is 5.22. The van der Waals surface area contributed by atoms with Gasteiger partial charge >= 0.3 is 0 Å². The van der Waals surface area contributed by atoms with Crippen LogP contribution < -0.4 is 10.6 Å². The van der Waals surface area contributed by atoms with Crippen molar-refractivity contribution in [2.24, 2.45) is 0 Å². The van der Waals surface area contributed by atoms with Crippen molar-refractivity contribution < 1.29 is 19.1 Å². The number of aryl methyl sites for hydroxylation is 1. The first-order chi connectivity index (χ1) is 11.3. The maximum Gasteiger partial charge on any atom is 0.249 e. The third-order valence-electron chi connectivity index (χ3n) is 3.31. The van der Waals surface area contributed by atoms with Crippen LogP contribution in [0.15, 0.2) is 24.3 Å². The molecule has 0 fully saturated rings. The van der Waals surface area contributed by atoms with Gasteiger partial charge in [-0.15, -0.1) is 0 Å². The lowest BCUT2D eigenvalue weighted by atomic mass is 10.2. The van der Waals surface area contributed by atoms with Gasteiger partial charge in [-0.25, -0.2) is 0 Å². The first-order valence-corrected chi connectivity index (χ1v) is 7.75. The molecule has 0 aliphatic carbocycles. The number of anilines is 1. The van der Waals surface area contributed by atoms with Crippen LogP contribution >= 0.6 is 0 Å². The van der Waals surface area contributed by atoms with Crippen LogP contribution in [0.25, 0.3) is 0 Å². The molecule has 24 heavy (non-hydrogen) atoms. The van der Waals surface area contributed by atoms with E-state index in [1.165, 1.54) is 12.0 Å². The van der Waals surface area contributed by atoms with Gasteiger partial charge in [-0.1, -0.05) is 17.7 Å². The van der Waals surface area contributed by atoms with E-state index in [2.05, 4.69) is 10.6 Å². The summed E-state index contributed by atoms with van der Waals surface area (Å²) in [5, 5.41) is 5.20. The summed E-state index contributed by atoms with van der Waals surface area (Å²) >= 11 is 0. The fourth-order valence-corrected chi connectivity index (χ4v) is 2.00. The third kappa shape index (κ3) is 6.78. The summed E-state index contributed by atoms with van der Waals surface area (Å²) in [7, 11) is 1.42. The van der Waals surface area contributed by atoms with E-state index in [0.29, 0.717) is 5.69 Å². The van der Waals surface area contributed by atoms with Crippen molar-refractivity contribution >= 4 is 23.4 Å². The molecule has 0 bridgehead atoms. The van der Waals surface area contributed by atoms with Gasteiger partial charge in [0.25, 0.3) is 0 Å². The minimum absolute atomic E-state index is 0.0840. The Kier molecular flexibility index (Phi) is 7.91. The number of rotatable bonds is 8. The van der Waals surface area contributed by atoms with Gasteiger partial charge in [-0.3, -0.25) is 14.4 Å². The van der Waals surface area contributed by atoms with Crippen molar-refractivity contribution in [1.29, 1.82) is 0 Å². The topological polar surface area (TPSA) is 87.7 Å². The zero-order valence-electron chi connectivity index (χ0n) is 14.6. The SMILES string of the molecule is COCC(=O)N(CC(=O)NCC(=O)Nc1ccc(C)cc1)C(C)C. The maximum absolute atomic E-state index is 11.9. The highest BCUT2D eigenvalue weighted by molar-refractivity contribution is 5.95. The van der Waals surface area contributed by atoms with Crippen LogP contribution in [0.4, 0.5) is 5.69 Å². The number of carbonyl (C=O) groups excluding carboxylic acids is 3. The molecule has 7 heteroatoms. The largest absolute Gasteiger partial charge is 0.375 e. The zero-order chi connectivity index (χ0) is 18.1. The Morgan fingerprint density at radius 3 is 2.29 bits per heavy atom. The van der Waals surface area contributed by atoms with E-state index in [1.54, 1.807) is 12.1 Å². The summed E-state index contributed by atoms with van der Waals surface area (Å²) in [5.41, 5.74) is 1.76. The molecule has 0 radical (unpaired) electrons. The molecular formula is C17H25N3O4. The summed E-state index contributed by atoms with van der Waals surface area (Å²) in [6.07, 6.45) is 0. The standard InChI is InChI=1S/C17H25N3O4/c1-12(2)20(17(23)11-24-4)10-16(22)18-9-15(21)19-14-7-5-13(3)6-8-14/h5-8,12H,9-11H2,1-4H3,(H,18,22)(H,19,21). The van der Waals surface area contributed by atoms with E-state index >= 15 is 0 Å². The van der Waals surface area contributed by atoms with Gasteiger partial charge in [-0.05, 0) is 32.9 Å². The molecule has 132 valence electrons. The van der Waals surface area contributed by atoms with Gasteiger partial charge in [0.2, 0.25) is 17.7 Å². The molecule has 0 heterocycles. The number of carbonyl (C=O) groups is 3. The average molecular weight is 335 g/mol. The number of amides is 3. The highest BCUT2D eigenvalue weighted by atomic mass is 16.5. The molecule has 0 spiro atoms. The normalized spacial score (nSPS) is 10.4. The third-order valence-corrected chi connectivity index (χ3v) is 3.31. The lowest BCUT2D eigenvalue weighted by molar-refractivity contribution is -0.140. The smallest absolute Gasteiger partial charge is 0.249 e. The summed E-state index contributed by atoms with van der Waals surface area (Å²) in [6, 6.07) is 7.21. The molecule has 0 aliphatic heterocycles. The van der Waals surface area contributed by atoms with Gasteiger partial charge < -0.3 is 20.3 Å². The number of nitrogens with one attached hydrogen (secondary N) is 2. The second-order valence-corrected chi connectivity index (χ2v) is 5.74. The Labute approximate surface area is 142 Å². The molecule has 0 saturated carbocycles. The highest BCUT2D eigenvalue weighted by Gasteiger charge is 2.20. The van der Waals surface area contributed by atoms with Crippen LogP contribution in [-0.2, 0) is 19.1 Å². The van der Waals surface area contributed by atoms with Crippen LogP contribution in [0.3, 0.4) is 0 Å². The number of hydrogen-bond acceptors (Lipinski definition) is 4. The van der Waals surface area contributed by atoms with E-state index in [0.717, 1.165) is 5.56 Å². The molecule has 1 rings (SSSR count). The van der Waals surface area contributed by atoms with Crippen molar-refractivity contribution in [3.63, 3.8) is 0 Å².